The van der Waals surface area contributed by atoms with Crippen molar-refractivity contribution in [3.8, 4) is 0 Å². The van der Waals surface area contributed by atoms with Crippen molar-refractivity contribution in [3.05, 3.63) is 0 Å². The minimum Gasteiger partial charge on any atom is -0.543 e. The molecule has 0 heterocycles. The van der Waals surface area contributed by atoms with E-state index in [-0.39, 0.29) is 39.6 Å². The Morgan fingerprint density at radius 3 is 1.12 bits per heavy atom. The van der Waals surface area contributed by atoms with Crippen LogP contribution in [0.3, 0.4) is 0 Å². The fourth-order valence-electron chi connectivity index (χ4n) is 0. The molecule has 0 N–H and O–H groups in total. The van der Waals surface area contributed by atoms with Crippen molar-refractivity contribution in [2.75, 3.05) is 0 Å². The van der Waals surface area contributed by atoms with Gasteiger partial charge in [0.15, 0.2) is 0 Å². The smallest absolute Gasteiger partial charge is 0.543 e. The number of carbonyl (C=O) groups excluding carboxylic acids is 2. The Labute approximate surface area is 71.4 Å². The number of carbonyl (C=O) groups is 2. The van der Waals surface area contributed by atoms with Crippen LogP contribution in [0.2, 0.25) is 0 Å². The first-order valence-corrected chi connectivity index (χ1v) is 1.07. The summed E-state index contributed by atoms with van der Waals surface area (Å²) in [5.41, 5.74) is 0. The molecule has 0 bridgehead atoms. The molecule has 6 heteroatoms. The minimum absolute atomic E-state index is 0. The molecule has 0 amide bonds. The van der Waals surface area contributed by atoms with E-state index >= 15 is 0 Å². The van der Waals surface area contributed by atoms with Gasteiger partial charge in [-0.15, -0.1) is 0 Å². The molecule has 0 unspecified atom stereocenters. The van der Waals surface area contributed by atoms with E-state index in [1.54, 1.807) is 0 Å². The molecular weight excluding hydrogens is 323 g/mol. The minimum atomic E-state index is -2.19. The Bertz CT molecular complexity index is 80.0. The molecule has 0 radical (unpaired) electrons. The van der Waals surface area contributed by atoms with Crippen LogP contribution in [-0.2, 0) is 49.2 Å². The Hall–Kier alpha value is 0.213. The second kappa shape index (κ2) is 7.21. The van der Waals surface area contributed by atoms with Crippen molar-refractivity contribution in [1.29, 1.82) is 0 Å². The molecule has 0 spiro atoms. The quantitative estimate of drug-likeness (QED) is 0.433. The van der Waals surface area contributed by atoms with Crippen LogP contribution in [0.25, 0.3) is 0 Å². The molecule has 0 aromatic heterocycles. The molecule has 4 nitrogen and oxygen atoms in total. The van der Waals surface area contributed by atoms with E-state index in [1.807, 2.05) is 0 Å². The van der Waals surface area contributed by atoms with Crippen LogP contribution in [0.4, 0.5) is 0 Å². The zero-order valence-corrected chi connectivity index (χ0v) is 7.82. The molecule has 36 valence electrons. The Morgan fingerprint density at radius 1 is 1.00 bits per heavy atom. The maximum absolute atomic E-state index is 8.93. The first-order chi connectivity index (χ1) is 2.64. The maximum atomic E-state index is 8.93. The first kappa shape index (κ1) is 15.7. The van der Waals surface area contributed by atoms with Crippen LogP contribution in [0.5, 0.6) is 0 Å². The molecule has 0 rings (SSSR count). The van der Waals surface area contributed by atoms with Gasteiger partial charge >= 0.3 is 39.6 Å². The van der Waals surface area contributed by atoms with Gasteiger partial charge < -0.3 is 19.8 Å². The summed E-state index contributed by atoms with van der Waals surface area (Å²) in [4.78, 5) is 17.9. The van der Waals surface area contributed by atoms with Crippen LogP contribution in [0, 0.1) is 0 Å². The monoisotopic (exact) mass is 323 g/mol. The van der Waals surface area contributed by atoms with E-state index in [9.17, 15) is 0 Å². The summed E-state index contributed by atoms with van der Waals surface area (Å²) in [6, 6.07) is 0. The Morgan fingerprint density at radius 2 is 1.12 bits per heavy atom. The van der Waals surface area contributed by atoms with Gasteiger partial charge in [0.1, 0.15) is 0 Å². The van der Waals surface area contributed by atoms with Gasteiger partial charge in [0.2, 0.25) is 0 Å². The summed E-state index contributed by atoms with van der Waals surface area (Å²) in [5, 5.41) is 17.9. The van der Waals surface area contributed by atoms with E-state index in [0.717, 1.165) is 0 Å². The average Bonchev–Trinajstić information content (AvgIpc) is 1.36. The zero-order valence-electron chi connectivity index (χ0n) is 3.49. The van der Waals surface area contributed by atoms with Gasteiger partial charge in [-0.1, -0.05) is 0 Å². The molecule has 0 aromatic carbocycles. The van der Waals surface area contributed by atoms with Crippen LogP contribution >= 0.6 is 0 Å². The normalized spacial score (nSPS) is 5.50. The second-order valence-electron chi connectivity index (χ2n) is 0.575. The predicted molar refractivity (Wildman–Crippen MR) is 10.0 cm³/mol. The molecular formula is C2O4VW+7. The summed E-state index contributed by atoms with van der Waals surface area (Å²) >= 11 is 0. The third kappa shape index (κ3) is 9.51. The summed E-state index contributed by atoms with van der Waals surface area (Å²) < 4.78 is 0. The maximum Gasteiger partial charge on any atom is 5.00 e. The first-order valence-electron chi connectivity index (χ1n) is 1.07. The van der Waals surface area contributed by atoms with Gasteiger partial charge in [-0.25, -0.2) is 0 Å². The molecule has 0 aliphatic carbocycles. The van der Waals surface area contributed by atoms with Gasteiger partial charge in [0.25, 0.3) is 0 Å². The molecule has 0 atom stereocenters. The van der Waals surface area contributed by atoms with Crippen molar-refractivity contribution >= 4 is 11.9 Å². The van der Waals surface area contributed by atoms with Crippen LogP contribution in [0.1, 0.15) is 0 Å². The number of hydrogen-bond donors (Lipinski definition) is 0. The topological polar surface area (TPSA) is 80.3 Å². The third-order valence-corrected chi connectivity index (χ3v) is 0.167. The van der Waals surface area contributed by atoms with Crippen molar-refractivity contribution < 1.29 is 59.4 Å². The van der Waals surface area contributed by atoms with Crippen LogP contribution in [0.15, 0.2) is 0 Å². The summed E-state index contributed by atoms with van der Waals surface area (Å²) in [5.74, 6) is -4.37. The standard InChI is InChI=1S/C2H2O4.V.W/c3-1(4)2(5)6;;/h(H,3,4)(H,5,6);;/q;+5;+4/p-2. The second-order valence-corrected chi connectivity index (χ2v) is 0.575. The SMILES string of the molecule is O=C([O-])C(=O)[O-].[V+5].[W+4]. The van der Waals surface area contributed by atoms with Gasteiger partial charge in [-0.3, -0.25) is 0 Å². The van der Waals surface area contributed by atoms with E-state index in [1.165, 1.54) is 0 Å². The molecule has 0 saturated carbocycles. The van der Waals surface area contributed by atoms with Crippen molar-refractivity contribution in [1.82, 2.24) is 0 Å². The Balaban J connectivity index is -0.000000125. The summed E-state index contributed by atoms with van der Waals surface area (Å²) in [6.07, 6.45) is 0. The number of carboxylic acid groups (broad SMARTS) is 2. The van der Waals surface area contributed by atoms with E-state index in [2.05, 4.69) is 0 Å². The van der Waals surface area contributed by atoms with E-state index < -0.39 is 11.9 Å². The average molecular weight is 323 g/mol. The largest absolute Gasteiger partial charge is 5.00 e. The zero-order chi connectivity index (χ0) is 5.15. The van der Waals surface area contributed by atoms with Crippen molar-refractivity contribution in [3.63, 3.8) is 0 Å². The molecule has 0 aliphatic heterocycles. The number of rotatable bonds is 0. The summed E-state index contributed by atoms with van der Waals surface area (Å²) in [7, 11) is 0. The number of hydrogen-bond acceptors (Lipinski definition) is 4. The Kier molecular flexibility index (Phi) is 14.2. The van der Waals surface area contributed by atoms with E-state index in [0.29, 0.717) is 0 Å². The predicted octanol–water partition coefficient (Wildman–Crippen LogP) is -3.52. The van der Waals surface area contributed by atoms with Gasteiger partial charge in [0.05, 0.1) is 11.9 Å². The summed E-state index contributed by atoms with van der Waals surface area (Å²) in [6.45, 7) is 0. The molecule has 8 heavy (non-hydrogen) atoms. The number of carboxylic acids is 2. The molecule has 0 aromatic rings. The number of aliphatic carboxylic acids is 2. The molecule has 0 aliphatic rings. The molecule has 0 fully saturated rings. The van der Waals surface area contributed by atoms with Crippen LogP contribution in [-0.4, -0.2) is 11.9 Å². The fourth-order valence-corrected chi connectivity index (χ4v) is 0. The van der Waals surface area contributed by atoms with Gasteiger partial charge in [-0.2, -0.15) is 0 Å². The fraction of sp³-hybridized carbons (Fsp3) is 0. The van der Waals surface area contributed by atoms with E-state index in [4.69, 9.17) is 19.8 Å². The van der Waals surface area contributed by atoms with Gasteiger partial charge in [-0.05, 0) is 0 Å². The van der Waals surface area contributed by atoms with Crippen molar-refractivity contribution in [2.45, 2.75) is 0 Å². The van der Waals surface area contributed by atoms with Crippen molar-refractivity contribution in [2.24, 2.45) is 0 Å². The third-order valence-electron chi connectivity index (χ3n) is 0.167. The van der Waals surface area contributed by atoms with Gasteiger partial charge in [0, 0.05) is 0 Å². The van der Waals surface area contributed by atoms with Crippen LogP contribution < -0.4 is 10.2 Å². The molecule has 0 saturated heterocycles.